The number of nitrogens with zero attached hydrogens (tertiary/aromatic N) is 4. The molecule has 1 saturated heterocycles. The van der Waals surface area contributed by atoms with Crippen LogP contribution in [0.4, 0.5) is 5.82 Å². The van der Waals surface area contributed by atoms with Gasteiger partial charge in [0, 0.05) is 38.1 Å². The first-order chi connectivity index (χ1) is 16.5. The molecule has 34 heavy (non-hydrogen) atoms. The molecule has 1 aromatic carbocycles. The fraction of sp³-hybridized carbons (Fsp3) is 0.417. The van der Waals surface area contributed by atoms with Crippen LogP contribution in [0.3, 0.4) is 0 Å². The number of hydrogen-bond acceptors (Lipinski definition) is 6. The van der Waals surface area contributed by atoms with Crippen molar-refractivity contribution in [2.75, 3.05) is 31.6 Å². The Morgan fingerprint density at radius 1 is 0.971 bits per heavy atom. The van der Waals surface area contributed by atoms with Gasteiger partial charge in [-0.05, 0) is 68.1 Å². The SMILES string of the molecule is CCOc1cc(CN2CCC(Nc3nc(Cl)nc(Cl)c3Cl)CC2)cc(OCC)c1-n1cccc1. The minimum absolute atomic E-state index is 0.0768. The second-order valence-electron chi connectivity index (χ2n) is 8.04. The third-order valence-electron chi connectivity index (χ3n) is 5.68. The highest BCUT2D eigenvalue weighted by Crippen LogP contribution is 2.36. The number of ether oxygens (including phenoxy) is 2. The summed E-state index contributed by atoms with van der Waals surface area (Å²) in [5.41, 5.74) is 2.09. The van der Waals surface area contributed by atoms with Gasteiger partial charge in [0.1, 0.15) is 22.2 Å². The molecule has 1 aliphatic rings. The topological polar surface area (TPSA) is 64.4 Å². The monoisotopic (exact) mass is 523 g/mol. The third-order valence-corrected chi connectivity index (χ3v) is 6.58. The Kier molecular flexibility index (Phi) is 8.42. The van der Waals surface area contributed by atoms with Crippen LogP contribution < -0.4 is 14.8 Å². The van der Waals surface area contributed by atoms with Gasteiger partial charge in [0.05, 0.1) is 13.2 Å². The fourth-order valence-electron chi connectivity index (χ4n) is 4.17. The minimum atomic E-state index is 0.0768. The highest BCUT2D eigenvalue weighted by atomic mass is 35.5. The molecule has 0 radical (unpaired) electrons. The lowest BCUT2D eigenvalue weighted by atomic mass is 10.0. The summed E-state index contributed by atoms with van der Waals surface area (Å²) in [5.74, 6) is 2.13. The molecule has 1 N–H and O–H groups in total. The Balaban J connectivity index is 1.45. The lowest BCUT2D eigenvalue weighted by molar-refractivity contribution is 0.210. The van der Waals surface area contributed by atoms with Gasteiger partial charge in [0.15, 0.2) is 11.0 Å². The zero-order valence-corrected chi connectivity index (χ0v) is 21.5. The molecule has 0 aliphatic carbocycles. The molecular weight excluding hydrogens is 497 g/mol. The van der Waals surface area contributed by atoms with Gasteiger partial charge in [0.25, 0.3) is 0 Å². The summed E-state index contributed by atoms with van der Waals surface area (Å²) in [6.45, 7) is 7.82. The molecule has 0 spiro atoms. The quantitative estimate of drug-likeness (QED) is 0.269. The molecule has 10 heteroatoms. The highest BCUT2D eigenvalue weighted by molar-refractivity contribution is 6.43. The molecule has 2 aromatic heterocycles. The molecule has 0 atom stereocenters. The molecule has 182 valence electrons. The lowest BCUT2D eigenvalue weighted by Gasteiger charge is -2.33. The number of benzene rings is 1. The van der Waals surface area contributed by atoms with Crippen molar-refractivity contribution in [1.29, 1.82) is 0 Å². The molecule has 0 unspecified atom stereocenters. The third kappa shape index (κ3) is 5.89. The van der Waals surface area contributed by atoms with Gasteiger partial charge in [-0.1, -0.05) is 23.2 Å². The van der Waals surface area contributed by atoms with E-state index in [1.165, 1.54) is 0 Å². The van der Waals surface area contributed by atoms with E-state index in [2.05, 4.69) is 32.3 Å². The molecule has 0 bridgehead atoms. The first-order valence-electron chi connectivity index (χ1n) is 11.4. The van der Waals surface area contributed by atoms with Crippen LogP contribution in [0.25, 0.3) is 5.69 Å². The number of likely N-dealkylation sites (tertiary alicyclic amines) is 1. The summed E-state index contributed by atoms with van der Waals surface area (Å²) in [4.78, 5) is 10.5. The van der Waals surface area contributed by atoms with E-state index in [0.717, 1.165) is 55.2 Å². The number of rotatable bonds is 9. The highest BCUT2D eigenvalue weighted by Gasteiger charge is 2.23. The summed E-state index contributed by atoms with van der Waals surface area (Å²) < 4.78 is 14.1. The standard InChI is InChI=1S/C24H28Cl3N5O2/c1-3-33-18-13-16(14-19(34-4-2)21(18)32-9-5-6-10-32)15-31-11-7-17(8-12-31)28-23-20(25)22(26)29-24(27)30-23/h5-6,9-10,13-14,17H,3-4,7-8,11-12,15H2,1-2H3,(H,28,29,30). The van der Waals surface area contributed by atoms with E-state index < -0.39 is 0 Å². The van der Waals surface area contributed by atoms with Crippen molar-refractivity contribution in [2.45, 2.75) is 39.3 Å². The molecule has 3 aromatic rings. The maximum absolute atomic E-state index is 6.24. The van der Waals surface area contributed by atoms with Crippen LogP contribution in [0, 0.1) is 0 Å². The smallest absolute Gasteiger partial charge is 0.225 e. The molecule has 7 nitrogen and oxygen atoms in total. The second-order valence-corrected chi connectivity index (χ2v) is 9.11. The first-order valence-corrected chi connectivity index (χ1v) is 12.5. The lowest BCUT2D eigenvalue weighted by Crippen LogP contribution is -2.38. The van der Waals surface area contributed by atoms with Crippen molar-refractivity contribution in [3.63, 3.8) is 0 Å². The van der Waals surface area contributed by atoms with Gasteiger partial charge in [-0.15, -0.1) is 0 Å². The van der Waals surface area contributed by atoms with E-state index in [9.17, 15) is 0 Å². The van der Waals surface area contributed by atoms with Crippen LogP contribution in [0.5, 0.6) is 11.5 Å². The van der Waals surface area contributed by atoms with E-state index in [4.69, 9.17) is 44.3 Å². The normalized spacial score (nSPS) is 14.9. The molecule has 0 saturated carbocycles. The van der Waals surface area contributed by atoms with Crippen LogP contribution in [0.1, 0.15) is 32.3 Å². The zero-order chi connectivity index (χ0) is 24.1. The van der Waals surface area contributed by atoms with E-state index >= 15 is 0 Å². The zero-order valence-electron chi connectivity index (χ0n) is 19.2. The Labute approximate surface area is 214 Å². The summed E-state index contributed by atoms with van der Waals surface area (Å²) in [6, 6.07) is 8.46. The Morgan fingerprint density at radius 2 is 1.59 bits per heavy atom. The average molecular weight is 525 g/mol. The van der Waals surface area contributed by atoms with E-state index in [-0.39, 0.29) is 16.5 Å². The van der Waals surface area contributed by atoms with Gasteiger partial charge in [-0.25, -0.2) is 4.98 Å². The van der Waals surface area contributed by atoms with Gasteiger partial charge in [-0.2, -0.15) is 4.98 Å². The number of nitrogens with one attached hydrogen (secondary N) is 1. The largest absolute Gasteiger partial charge is 0.492 e. The predicted octanol–water partition coefficient (Wildman–Crippen LogP) is 6.10. The first kappa shape index (κ1) is 24.9. The minimum Gasteiger partial charge on any atom is -0.492 e. The Hall–Kier alpha value is -2.19. The van der Waals surface area contributed by atoms with Crippen molar-refractivity contribution < 1.29 is 9.47 Å². The van der Waals surface area contributed by atoms with Crippen LogP contribution >= 0.6 is 34.8 Å². The van der Waals surface area contributed by atoms with Crippen LogP contribution in [-0.2, 0) is 6.54 Å². The van der Waals surface area contributed by atoms with E-state index in [0.29, 0.717) is 24.1 Å². The van der Waals surface area contributed by atoms with Crippen molar-refractivity contribution in [3.05, 3.63) is 57.7 Å². The Morgan fingerprint density at radius 3 is 2.18 bits per heavy atom. The maximum atomic E-state index is 6.24. The van der Waals surface area contributed by atoms with Crippen molar-refractivity contribution in [1.82, 2.24) is 19.4 Å². The second kappa shape index (κ2) is 11.5. The van der Waals surface area contributed by atoms with Crippen LogP contribution in [0.15, 0.2) is 36.7 Å². The Bertz CT molecular complexity index is 1080. The number of anilines is 1. The van der Waals surface area contributed by atoms with Crippen LogP contribution in [-0.4, -0.2) is 51.8 Å². The average Bonchev–Trinajstić information content (AvgIpc) is 3.33. The van der Waals surface area contributed by atoms with Gasteiger partial charge in [-0.3, -0.25) is 4.90 Å². The number of piperidine rings is 1. The summed E-state index contributed by atoms with van der Waals surface area (Å²) >= 11 is 18.2. The molecule has 1 fully saturated rings. The van der Waals surface area contributed by atoms with Crippen LogP contribution in [0.2, 0.25) is 15.5 Å². The van der Waals surface area contributed by atoms with E-state index in [1.807, 2.05) is 42.9 Å². The van der Waals surface area contributed by atoms with Crippen molar-refractivity contribution >= 4 is 40.6 Å². The molecule has 3 heterocycles. The number of halogens is 3. The molecule has 4 rings (SSSR count). The van der Waals surface area contributed by atoms with Crippen molar-refractivity contribution in [2.24, 2.45) is 0 Å². The predicted molar refractivity (Wildman–Crippen MR) is 137 cm³/mol. The summed E-state index contributed by atoms with van der Waals surface area (Å²) in [5, 5.41) is 3.89. The molecule has 1 aliphatic heterocycles. The summed E-state index contributed by atoms with van der Waals surface area (Å²) in [6.07, 6.45) is 5.88. The number of hydrogen-bond donors (Lipinski definition) is 1. The van der Waals surface area contributed by atoms with Crippen molar-refractivity contribution in [3.8, 4) is 17.2 Å². The van der Waals surface area contributed by atoms with Gasteiger partial charge in [0.2, 0.25) is 5.28 Å². The maximum Gasteiger partial charge on any atom is 0.225 e. The number of aromatic nitrogens is 3. The molecule has 0 amide bonds. The van der Waals surface area contributed by atoms with Gasteiger partial charge >= 0.3 is 0 Å². The van der Waals surface area contributed by atoms with E-state index in [1.54, 1.807) is 0 Å². The summed E-state index contributed by atoms with van der Waals surface area (Å²) in [7, 11) is 0. The van der Waals surface area contributed by atoms with Gasteiger partial charge < -0.3 is 19.4 Å². The molecular formula is C24H28Cl3N5O2. The fourth-order valence-corrected chi connectivity index (χ4v) is 4.69.